The standard InChI is InChI=1S/C10H10OS2/c1-2-8-5-7-13-10(8)11-9-4-3-6-12-9/h3-7H,2H2,1H3. The zero-order valence-corrected chi connectivity index (χ0v) is 8.95. The first-order chi connectivity index (χ1) is 6.40. The van der Waals surface area contributed by atoms with E-state index < -0.39 is 0 Å². The predicted octanol–water partition coefficient (Wildman–Crippen LogP) is 4.16. The van der Waals surface area contributed by atoms with Crippen LogP contribution < -0.4 is 4.74 Å². The molecule has 0 spiro atoms. The van der Waals surface area contributed by atoms with Gasteiger partial charge in [-0.1, -0.05) is 6.92 Å². The fourth-order valence-corrected chi connectivity index (χ4v) is 2.58. The molecule has 0 bridgehead atoms. The lowest BCUT2D eigenvalue weighted by Gasteiger charge is -2.01. The van der Waals surface area contributed by atoms with Gasteiger partial charge in [-0.15, -0.1) is 22.7 Å². The molecule has 0 aliphatic heterocycles. The van der Waals surface area contributed by atoms with Gasteiger partial charge in [0.2, 0.25) is 0 Å². The Labute approximate surface area is 85.6 Å². The summed E-state index contributed by atoms with van der Waals surface area (Å²) < 4.78 is 5.72. The molecule has 0 fully saturated rings. The van der Waals surface area contributed by atoms with Gasteiger partial charge in [0.25, 0.3) is 0 Å². The smallest absolute Gasteiger partial charge is 0.185 e. The summed E-state index contributed by atoms with van der Waals surface area (Å²) in [5.74, 6) is 0. The highest BCUT2D eigenvalue weighted by molar-refractivity contribution is 7.13. The second kappa shape index (κ2) is 3.94. The molecular formula is C10H10OS2. The Balaban J connectivity index is 2.18. The van der Waals surface area contributed by atoms with E-state index in [1.165, 1.54) is 5.56 Å². The lowest BCUT2D eigenvalue weighted by Crippen LogP contribution is -1.81. The van der Waals surface area contributed by atoms with E-state index in [2.05, 4.69) is 18.4 Å². The molecule has 2 rings (SSSR count). The molecule has 13 heavy (non-hydrogen) atoms. The molecule has 1 nitrogen and oxygen atoms in total. The minimum atomic E-state index is 0.970. The SMILES string of the molecule is CCc1ccsc1Oc1cccs1. The summed E-state index contributed by atoms with van der Waals surface area (Å²) in [5.41, 5.74) is 1.29. The number of ether oxygens (including phenoxy) is 1. The van der Waals surface area contributed by atoms with E-state index in [0.29, 0.717) is 0 Å². The molecule has 0 radical (unpaired) electrons. The van der Waals surface area contributed by atoms with Gasteiger partial charge in [0.05, 0.1) is 0 Å². The molecule has 0 aliphatic rings. The van der Waals surface area contributed by atoms with Gasteiger partial charge in [0.15, 0.2) is 10.1 Å². The Morgan fingerprint density at radius 3 is 2.85 bits per heavy atom. The van der Waals surface area contributed by atoms with Gasteiger partial charge in [0.1, 0.15) is 0 Å². The number of aryl methyl sites for hydroxylation is 1. The second-order valence-electron chi connectivity index (χ2n) is 2.62. The maximum Gasteiger partial charge on any atom is 0.185 e. The normalized spacial score (nSPS) is 10.2. The first-order valence-electron chi connectivity index (χ1n) is 4.18. The Morgan fingerprint density at radius 2 is 2.15 bits per heavy atom. The third-order valence-electron chi connectivity index (χ3n) is 1.78. The summed E-state index contributed by atoms with van der Waals surface area (Å²) in [6.07, 6.45) is 1.03. The maximum atomic E-state index is 5.72. The fourth-order valence-electron chi connectivity index (χ4n) is 1.09. The van der Waals surface area contributed by atoms with Crippen LogP contribution in [0.1, 0.15) is 12.5 Å². The molecule has 2 heterocycles. The molecule has 0 aromatic carbocycles. The Kier molecular flexibility index (Phi) is 2.66. The average Bonchev–Trinajstić information content (AvgIpc) is 2.76. The summed E-state index contributed by atoms with van der Waals surface area (Å²) in [6, 6.07) is 6.11. The summed E-state index contributed by atoms with van der Waals surface area (Å²) in [4.78, 5) is 0. The monoisotopic (exact) mass is 210 g/mol. The van der Waals surface area contributed by atoms with E-state index in [0.717, 1.165) is 16.5 Å². The largest absolute Gasteiger partial charge is 0.436 e. The first kappa shape index (κ1) is 8.78. The zero-order valence-electron chi connectivity index (χ0n) is 7.32. The predicted molar refractivity (Wildman–Crippen MR) is 58.1 cm³/mol. The molecule has 2 aromatic rings. The van der Waals surface area contributed by atoms with Crippen LogP contribution >= 0.6 is 22.7 Å². The van der Waals surface area contributed by atoms with Crippen LogP contribution in [0.2, 0.25) is 0 Å². The van der Waals surface area contributed by atoms with Crippen LogP contribution in [-0.2, 0) is 6.42 Å². The highest BCUT2D eigenvalue weighted by Gasteiger charge is 2.04. The van der Waals surface area contributed by atoms with Crippen molar-refractivity contribution in [2.75, 3.05) is 0 Å². The molecule has 0 N–H and O–H groups in total. The molecule has 2 aromatic heterocycles. The van der Waals surface area contributed by atoms with Crippen molar-refractivity contribution in [1.29, 1.82) is 0 Å². The van der Waals surface area contributed by atoms with Gasteiger partial charge in [-0.05, 0) is 35.4 Å². The average molecular weight is 210 g/mol. The molecule has 0 aliphatic carbocycles. The van der Waals surface area contributed by atoms with E-state index >= 15 is 0 Å². The van der Waals surface area contributed by atoms with Crippen molar-refractivity contribution in [2.24, 2.45) is 0 Å². The molecule has 68 valence electrons. The highest BCUT2D eigenvalue weighted by atomic mass is 32.1. The molecule has 0 saturated carbocycles. The van der Waals surface area contributed by atoms with Crippen molar-refractivity contribution >= 4 is 22.7 Å². The Hall–Kier alpha value is -0.800. The fraction of sp³-hybridized carbons (Fsp3) is 0.200. The summed E-state index contributed by atoms with van der Waals surface area (Å²) >= 11 is 3.28. The van der Waals surface area contributed by atoms with Crippen molar-refractivity contribution in [2.45, 2.75) is 13.3 Å². The van der Waals surface area contributed by atoms with E-state index in [9.17, 15) is 0 Å². The molecule has 0 amide bonds. The van der Waals surface area contributed by atoms with Crippen LogP contribution in [0.25, 0.3) is 0 Å². The van der Waals surface area contributed by atoms with Gasteiger partial charge in [-0.3, -0.25) is 0 Å². The lowest BCUT2D eigenvalue weighted by molar-refractivity contribution is 0.505. The van der Waals surface area contributed by atoms with Crippen molar-refractivity contribution in [3.63, 3.8) is 0 Å². The second-order valence-corrected chi connectivity index (χ2v) is 4.41. The third kappa shape index (κ3) is 1.92. The van der Waals surface area contributed by atoms with Crippen LogP contribution in [0.4, 0.5) is 0 Å². The number of hydrogen-bond acceptors (Lipinski definition) is 3. The van der Waals surface area contributed by atoms with Crippen LogP contribution in [-0.4, -0.2) is 0 Å². The number of thiophene rings is 2. The van der Waals surface area contributed by atoms with Crippen molar-refractivity contribution in [3.8, 4) is 10.1 Å². The minimum absolute atomic E-state index is 0.970. The zero-order chi connectivity index (χ0) is 9.10. The summed E-state index contributed by atoms with van der Waals surface area (Å²) in [5, 5.41) is 6.10. The summed E-state index contributed by atoms with van der Waals surface area (Å²) in [7, 11) is 0. The van der Waals surface area contributed by atoms with Crippen molar-refractivity contribution < 1.29 is 4.74 Å². The Bertz CT molecular complexity index is 362. The van der Waals surface area contributed by atoms with E-state index in [1.807, 2.05) is 17.5 Å². The highest BCUT2D eigenvalue weighted by Crippen LogP contribution is 2.33. The van der Waals surface area contributed by atoms with Gasteiger partial charge >= 0.3 is 0 Å². The summed E-state index contributed by atoms with van der Waals surface area (Å²) in [6.45, 7) is 2.14. The number of rotatable bonds is 3. The van der Waals surface area contributed by atoms with Crippen molar-refractivity contribution in [1.82, 2.24) is 0 Å². The van der Waals surface area contributed by atoms with Gasteiger partial charge in [-0.2, -0.15) is 0 Å². The van der Waals surface area contributed by atoms with E-state index in [4.69, 9.17) is 4.74 Å². The first-order valence-corrected chi connectivity index (χ1v) is 5.94. The van der Waals surface area contributed by atoms with Crippen molar-refractivity contribution in [3.05, 3.63) is 34.5 Å². The van der Waals surface area contributed by atoms with E-state index in [-0.39, 0.29) is 0 Å². The molecule has 0 unspecified atom stereocenters. The van der Waals surface area contributed by atoms with Gasteiger partial charge in [0, 0.05) is 5.56 Å². The molecule has 3 heteroatoms. The lowest BCUT2D eigenvalue weighted by atomic mass is 10.3. The topological polar surface area (TPSA) is 9.23 Å². The number of hydrogen-bond donors (Lipinski definition) is 0. The van der Waals surface area contributed by atoms with Crippen LogP contribution in [0.15, 0.2) is 29.0 Å². The molecule has 0 atom stereocenters. The minimum Gasteiger partial charge on any atom is -0.436 e. The van der Waals surface area contributed by atoms with E-state index in [1.54, 1.807) is 22.7 Å². The van der Waals surface area contributed by atoms with Crippen LogP contribution in [0, 0.1) is 0 Å². The molecular weight excluding hydrogens is 200 g/mol. The van der Waals surface area contributed by atoms with Gasteiger partial charge in [-0.25, -0.2) is 0 Å². The quantitative estimate of drug-likeness (QED) is 0.739. The van der Waals surface area contributed by atoms with Crippen LogP contribution in [0.3, 0.4) is 0 Å². The molecule has 0 saturated heterocycles. The van der Waals surface area contributed by atoms with Crippen LogP contribution in [0.5, 0.6) is 10.1 Å². The maximum absolute atomic E-state index is 5.72. The Morgan fingerprint density at radius 1 is 1.23 bits per heavy atom. The third-order valence-corrected chi connectivity index (χ3v) is 3.35. The van der Waals surface area contributed by atoms with Gasteiger partial charge < -0.3 is 4.74 Å².